The van der Waals surface area contributed by atoms with Crippen LogP contribution in [0.15, 0.2) is 33.6 Å². The van der Waals surface area contributed by atoms with E-state index in [0.717, 1.165) is 17.9 Å². The van der Waals surface area contributed by atoms with E-state index in [0.29, 0.717) is 11.0 Å². The Morgan fingerprint density at radius 2 is 2.21 bits per heavy atom. The van der Waals surface area contributed by atoms with Gasteiger partial charge in [0.05, 0.1) is 10.5 Å². The fraction of sp³-hybridized carbons (Fsp3) is 0.500. The molecule has 1 aliphatic heterocycles. The third kappa shape index (κ3) is 3.52. The first-order chi connectivity index (χ1) is 8.99. The summed E-state index contributed by atoms with van der Waals surface area (Å²) >= 11 is 5.05. The van der Waals surface area contributed by atoms with Crippen molar-refractivity contribution in [1.82, 2.24) is 4.72 Å². The second kappa shape index (κ2) is 6.13. The van der Waals surface area contributed by atoms with Crippen LogP contribution in [0.3, 0.4) is 0 Å². The summed E-state index contributed by atoms with van der Waals surface area (Å²) in [6.45, 7) is 0.306. The highest BCUT2D eigenvalue weighted by Crippen LogP contribution is 2.31. The molecule has 4 nitrogen and oxygen atoms in total. The Morgan fingerprint density at radius 1 is 1.47 bits per heavy atom. The van der Waals surface area contributed by atoms with Crippen LogP contribution in [-0.4, -0.2) is 39.2 Å². The van der Waals surface area contributed by atoms with Gasteiger partial charge in [-0.1, -0.05) is 12.1 Å². The summed E-state index contributed by atoms with van der Waals surface area (Å²) in [5.41, 5.74) is -0.376. The Labute approximate surface area is 126 Å². The summed E-state index contributed by atoms with van der Waals surface area (Å²) < 4.78 is 33.2. The molecule has 1 aromatic carbocycles. The molecule has 0 aliphatic carbocycles. The summed E-state index contributed by atoms with van der Waals surface area (Å²) in [4.78, 5) is 0.256. The topological polar surface area (TPSA) is 55.4 Å². The van der Waals surface area contributed by atoms with Gasteiger partial charge in [-0.2, -0.15) is 11.8 Å². The predicted molar refractivity (Wildman–Crippen MR) is 81.0 cm³/mol. The van der Waals surface area contributed by atoms with Gasteiger partial charge in [-0.3, -0.25) is 0 Å². The molecule has 1 atom stereocenters. The highest BCUT2D eigenvalue weighted by Gasteiger charge is 2.35. The van der Waals surface area contributed by atoms with Gasteiger partial charge in [0.15, 0.2) is 0 Å². The molecule has 0 aromatic heterocycles. The number of ether oxygens (including phenoxy) is 1. The first-order valence-corrected chi connectivity index (χ1v) is 9.29. The molecular weight excluding hydrogens is 350 g/mol. The van der Waals surface area contributed by atoms with Gasteiger partial charge in [-0.15, -0.1) is 0 Å². The van der Waals surface area contributed by atoms with E-state index < -0.39 is 10.0 Å². The molecule has 0 saturated carbocycles. The van der Waals surface area contributed by atoms with Gasteiger partial charge in [0.1, 0.15) is 0 Å². The highest BCUT2D eigenvalue weighted by atomic mass is 79.9. The van der Waals surface area contributed by atoms with Crippen LogP contribution < -0.4 is 4.72 Å². The van der Waals surface area contributed by atoms with E-state index in [1.165, 1.54) is 0 Å². The van der Waals surface area contributed by atoms with Crippen molar-refractivity contribution in [2.45, 2.75) is 16.9 Å². The third-order valence-electron chi connectivity index (χ3n) is 3.21. The van der Waals surface area contributed by atoms with Crippen LogP contribution in [0.4, 0.5) is 0 Å². The first-order valence-electron chi connectivity index (χ1n) is 5.86. The molecule has 1 saturated heterocycles. The summed E-state index contributed by atoms with van der Waals surface area (Å²) in [6.07, 6.45) is 0.868. The molecular formula is C12H16BrNO3S2. The number of benzene rings is 1. The number of methoxy groups -OCH3 is 1. The quantitative estimate of drug-likeness (QED) is 0.869. The van der Waals surface area contributed by atoms with Crippen molar-refractivity contribution in [3.05, 3.63) is 28.7 Å². The lowest BCUT2D eigenvalue weighted by Crippen LogP contribution is -2.44. The predicted octanol–water partition coefficient (Wildman–Crippen LogP) is 2.25. The minimum Gasteiger partial charge on any atom is -0.376 e. The average molecular weight is 366 g/mol. The van der Waals surface area contributed by atoms with Gasteiger partial charge in [0.2, 0.25) is 10.0 Å². The molecule has 0 radical (unpaired) electrons. The summed E-state index contributed by atoms with van der Waals surface area (Å²) in [5.74, 6) is 1.83. The molecule has 0 spiro atoms. The van der Waals surface area contributed by atoms with Crippen LogP contribution in [0.25, 0.3) is 0 Å². The number of rotatable bonds is 5. The lowest BCUT2D eigenvalue weighted by molar-refractivity contribution is 0.0179. The van der Waals surface area contributed by atoms with Crippen molar-refractivity contribution < 1.29 is 13.2 Å². The van der Waals surface area contributed by atoms with Gasteiger partial charge in [-0.05, 0) is 40.2 Å². The Hall–Kier alpha value is -0.0800. The van der Waals surface area contributed by atoms with Crippen LogP contribution in [0, 0.1) is 0 Å². The molecule has 0 unspecified atom stereocenters. The van der Waals surface area contributed by atoms with E-state index in [4.69, 9.17) is 4.74 Å². The zero-order valence-corrected chi connectivity index (χ0v) is 13.8. The van der Waals surface area contributed by atoms with Crippen LogP contribution >= 0.6 is 27.7 Å². The summed E-state index contributed by atoms with van der Waals surface area (Å²) in [7, 11) is -1.88. The van der Waals surface area contributed by atoms with E-state index in [-0.39, 0.29) is 10.5 Å². The SMILES string of the molecule is CO[C@@]1(CNS(=O)(=O)c2ccccc2Br)CCSC1. The Kier molecular flexibility index (Phi) is 4.94. The number of nitrogens with one attached hydrogen (secondary N) is 1. The molecule has 0 bridgehead atoms. The third-order valence-corrected chi connectivity index (χ3v) is 6.85. The monoisotopic (exact) mass is 365 g/mol. The van der Waals surface area contributed by atoms with Crippen LogP contribution in [0.5, 0.6) is 0 Å². The van der Waals surface area contributed by atoms with Gasteiger partial charge in [0, 0.05) is 23.9 Å². The summed E-state index contributed by atoms with van der Waals surface area (Å²) in [6, 6.07) is 6.78. The molecule has 19 heavy (non-hydrogen) atoms. The van der Waals surface area contributed by atoms with Crippen molar-refractivity contribution in [3.8, 4) is 0 Å². The number of thioether (sulfide) groups is 1. The van der Waals surface area contributed by atoms with Crippen LogP contribution in [0.1, 0.15) is 6.42 Å². The average Bonchev–Trinajstić information content (AvgIpc) is 2.86. The number of hydrogen-bond donors (Lipinski definition) is 1. The minimum absolute atomic E-state index is 0.256. The zero-order valence-electron chi connectivity index (χ0n) is 10.6. The van der Waals surface area contributed by atoms with E-state index >= 15 is 0 Å². The first kappa shape index (κ1) is 15.3. The largest absolute Gasteiger partial charge is 0.376 e. The fourth-order valence-corrected chi connectivity index (χ4v) is 5.44. The summed E-state index contributed by atoms with van der Waals surface area (Å²) in [5, 5.41) is 0. The van der Waals surface area contributed by atoms with E-state index in [2.05, 4.69) is 20.7 Å². The molecule has 2 rings (SSSR count). The number of hydrogen-bond acceptors (Lipinski definition) is 4. The van der Waals surface area contributed by atoms with Gasteiger partial charge in [0.25, 0.3) is 0 Å². The smallest absolute Gasteiger partial charge is 0.241 e. The van der Waals surface area contributed by atoms with Gasteiger partial charge in [-0.25, -0.2) is 13.1 Å². The van der Waals surface area contributed by atoms with Crippen molar-refractivity contribution in [2.75, 3.05) is 25.2 Å². The molecule has 1 N–H and O–H groups in total. The van der Waals surface area contributed by atoms with Crippen molar-refractivity contribution in [1.29, 1.82) is 0 Å². The van der Waals surface area contributed by atoms with Gasteiger partial charge < -0.3 is 4.74 Å². The van der Waals surface area contributed by atoms with E-state index in [1.54, 1.807) is 43.1 Å². The van der Waals surface area contributed by atoms with E-state index in [9.17, 15) is 8.42 Å². The van der Waals surface area contributed by atoms with Crippen LogP contribution in [0.2, 0.25) is 0 Å². The lowest BCUT2D eigenvalue weighted by Gasteiger charge is -2.26. The molecule has 106 valence electrons. The number of halogens is 1. The molecule has 0 amide bonds. The standard InChI is InChI=1S/C12H16BrNO3S2/c1-17-12(6-7-18-9-12)8-14-19(15,16)11-5-3-2-4-10(11)13/h2-5,14H,6-9H2,1H3/t12-/m1/s1. The van der Waals surface area contributed by atoms with Crippen molar-refractivity contribution in [2.24, 2.45) is 0 Å². The molecule has 1 fully saturated rings. The van der Waals surface area contributed by atoms with Crippen molar-refractivity contribution >= 4 is 37.7 Å². The second-order valence-corrected chi connectivity index (χ2v) is 8.14. The normalized spacial score (nSPS) is 23.7. The van der Waals surface area contributed by atoms with Crippen molar-refractivity contribution in [3.63, 3.8) is 0 Å². The highest BCUT2D eigenvalue weighted by molar-refractivity contribution is 9.10. The fourth-order valence-electron chi connectivity index (χ4n) is 1.93. The maximum Gasteiger partial charge on any atom is 0.241 e. The molecule has 1 heterocycles. The lowest BCUT2D eigenvalue weighted by atomic mass is 10.0. The zero-order chi connectivity index (χ0) is 13.9. The number of sulfonamides is 1. The Bertz CT molecular complexity index is 542. The second-order valence-electron chi connectivity index (χ2n) is 4.44. The Morgan fingerprint density at radius 3 is 2.79 bits per heavy atom. The Balaban J connectivity index is 2.12. The minimum atomic E-state index is -3.51. The maximum absolute atomic E-state index is 12.3. The van der Waals surface area contributed by atoms with Gasteiger partial charge >= 0.3 is 0 Å². The maximum atomic E-state index is 12.3. The molecule has 1 aromatic rings. The molecule has 7 heteroatoms. The molecule has 1 aliphatic rings. The van der Waals surface area contributed by atoms with E-state index in [1.807, 2.05) is 0 Å². The van der Waals surface area contributed by atoms with Crippen LogP contribution in [-0.2, 0) is 14.8 Å².